The van der Waals surface area contributed by atoms with Gasteiger partial charge in [0, 0.05) is 24.8 Å². The number of hydrogen-bond acceptors (Lipinski definition) is 4. The van der Waals surface area contributed by atoms with E-state index in [1.54, 1.807) is 6.07 Å². The van der Waals surface area contributed by atoms with Crippen molar-refractivity contribution in [1.29, 1.82) is 0 Å². The Hall–Kier alpha value is -3.93. The second kappa shape index (κ2) is 9.51. The highest BCUT2D eigenvalue weighted by Gasteiger charge is 2.45. The molecule has 6 nitrogen and oxygen atoms in total. The zero-order chi connectivity index (χ0) is 24.3. The van der Waals surface area contributed by atoms with E-state index >= 15 is 0 Å². The summed E-state index contributed by atoms with van der Waals surface area (Å²) in [7, 11) is 0. The molecule has 0 spiro atoms. The third-order valence-electron chi connectivity index (χ3n) is 6.22. The number of amides is 1. The summed E-state index contributed by atoms with van der Waals surface area (Å²) in [6.07, 6.45) is 1.08. The number of carboxylic acid groups (broad SMARTS) is 1. The SMILES string of the molecule is CC(=O)c1ccc(C(=O)NC2(C(=O)O)Cc3ccccc3C2)cc1OCCc1cccc(C)c1. The second-order valence-electron chi connectivity index (χ2n) is 8.82. The summed E-state index contributed by atoms with van der Waals surface area (Å²) in [5, 5.41) is 12.7. The van der Waals surface area contributed by atoms with E-state index in [1.165, 1.54) is 19.1 Å². The Bertz CT molecular complexity index is 1240. The van der Waals surface area contributed by atoms with Gasteiger partial charge in [-0.3, -0.25) is 9.59 Å². The summed E-state index contributed by atoms with van der Waals surface area (Å²) in [5.74, 6) is -1.46. The first kappa shape index (κ1) is 23.2. The van der Waals surface area contributed by atoms with Gasteiger partial charge in [0.25, 0.3) is 5.91 Å². The van der Waals surface area contributed by atoms with Crippen molar-refractivity contribution in [3.63, 3.8) is 0 Å². The quantitative estimate of drug-likeness (QED) is 0.495. The Morgan fingerprint density at radius 2 is 1.68 bits per heavy atom. The molecule has 2 N–H and O–H groups in total. The summed E-state index contributed by atoms with van der Waals surface area (Å²) in [5.41, 5.74) is 3.31. The van der Waals surface area contributed by atoms with Gasteiger partial charge < -0.3 is 15.2 Å². The number of hydrogen-bond donors (Lipinski definition) is 2. The Morgan fingerprint density at radius 3 is 2.29 bits per heavy atom. The van der Waals surface area contributed by atoms with Gasteiger partial charge in [0.1, 0.15) is 11.3 Å². The molecule has 3 aromatic carbocycles. The molecule has 0 radical (unpaired) electrons. The number of rotatable bonds is 8. The van der Waals surface area contributed by atoms with E-state index in [-0.39, 0.29) is 24.2 Å². The summed E-state index contributed by atoms with van der Waals surface area (Å²) < 4.78 is 5.91. The number of ketones is 1. The van der Waals surface area contributed by atoms with Crippen LogP contribution < -0.4 is 10.1 Å². The van der Waals surface area contributed by atoms with Crippen LogP contribution in [-0.4, -0.2) is 34.9 Å². The highest BCUT2D eigenvalue weighted by molar-refractivity contribution is 6.01. The highest BCUT2D eigenvalue weighted by Crippen LogP contribution is 2.31. The number of nitrogens with one attached hydrogen (secondary N) is 1. The smallest absolute Gasteiger partial charge is 0.330 e. The predicted octanol–water partition coefficient (Wildman–Crippen LogP) is 4.17. The summed E-state index contributed by atoms with van der Waals surface area (Å²) in [4.78, 5) is 37.4. The number of fused-ring (bicyclic) bond motifs is 1. The molecule has 0 bridgehead atoms. The molecule has 0 fully saturated rings. The van der Waals surface area contributed by atoms with Crippen molar-refractivity contribution in [1.82, 2.24) is 5.32 Å². The van der Waals surface area contributed by atoms with Gasteiger partial charge in [-0.15, -0.1) is 0 Å². The molecule has 1 aliphatic rings. The Kier molecular flexibility index (Phi) is 6.50. The largest absolute Gasteiger partial charge is 0.492 e. The van der Waals surface area contributed by atoms with Crippen LogP contribution in [0.5, 0.6) is 5.75 Å². The number of benzene rings is 3. The van der Waals surface area contributed by atoms with E-state index in [2.05, 4.69) is 11.4 Å². The van der Waals surface area contributed by atoms with Crippen LogP contribution in [0.25, 0.3) is 0 Å². The zero-order valence-corrected chi connectivity index (χ0v) is 19.3. The van der Waals surface area contributed by atoms with Crippen molar-refractivity contribution < 1.29 is 24.2 Å². The number of ether oxygens (including phenoxy) is 1. The molecule has 34 heavy (non-hydrogen) atoms. The number of Topliss-reactive ketones (excluding diaryl/α,β-unsaturated/α-hetero) is 1. The van der Waals surface area contributed by atoms with Gasteiger partial charge in [-0.1, -0.05) is 54.1 Å². The van der Waals surface area contributed by atoms with Gasteiger partial charge in [0.05, 0.1) is 12.2 Å². The van der Waals surface area contributed by atoms with E-state index in [0.717, 1.165) is 22.3 Å². The van der Waals surface area contributed by atoms with E-state index in [1.807, 2.05) is 49.4 Å². The summed E-state index contributed by atoms with van der Waals surface area (Å²) in [6.45, 7) is 3.80. The molecule has 0 aromatic heterocycles. The lowest BCUT2D eigenvalue weighted by atomic mass is 9.95. The highest BCUT2D eigenvalue weighted by atomic mass is 16.5. The molecule has 0 saturated heterocycles. The number of aryl methyl sites for hydroxylation is 1. The Morgan fingerprint density at radius 1 is 0.971 bits per heavy atom. The maximum absolute atomic E-state index is 13.1. The van der Waals surface area contributed by atoms with Crippen LogP contribution in [0.2, 0.25) is 0 Å². The van der Waals surface area contributed by atoms with Gasteiger partial charge in [-0.05, 0) is 48.7 Å². The average molecular weight is 458 g/mol. The minimum absolute atomic E-state index is 0.175. The third kappa shape index (κ3) is 4.86. The van der Waals surface area contributed by atoms with E-state index in [4.69, 9.17) is 4.74 Å². The average Bonchev–Trinajstić information content (AvgIpc) is 3.18. The van der Waals surface area contributed by atoms with Crippen LogP contribution in [0.1, 0.15) is 49.9 Å². The van der Waals surface area contributed by atoms with E-state index in [9.17, 15) is 19.5 Å². The lowest BCUT2D eigenvalue weighted by Crippen LogP contribution is -2.55. The fourth-order valence-electron chi connectivity index (χ4n) is 4.42. The zero-order valence-electron chi connectivity index (χ0n) is 19.3. The molecular weight excluding hydrogens is 430 g/mol. The van der Waals surface area contributed by atoms with Crippen molar-refractivity contribution in [2.45, 2.75) is 38.6 Å². The first-order chi connectivity index (χ1) is 16.3. The van der Waals surface area contributed by atoms with Crippen molar-refractivity contribution >= 4 is 17.7 Å². The van der Waals surface area contributed by atoms with Crippen molar-refractivity contribution in [2.75, 3.05) is 6.61 Å². The first-order valence-corrected chi connectivity index (χ1v) is 11.2. The molecule has 6 heteroatoms. The van der Waals surface area contributed by atoms with Crippen LogP contribution in [0.3, 0.4) is 0 Å². The first-order valence-electron chi connectivity index (χ1n) is 11.2. The third-order valence-corrected chi connectivity index (χ3v) is 6.22. The minimum Gasteiger partial charge on any atom is -0.492 e. The molecular formula is C28H27NO5. The molecule has 0 heterocycles. The van der Waals surface area contributed by atoms with Gasteiger partial charge in [0.2, 0.25) is 0 Å². The van der Waals surface area contributed by atoms with Crippen molar-refractivity contribution in [3.05, 3.63) is 100 Å². The number of carbonyl (C=O) groups is 3. The normalized spacial score (nSPS) is 13.7. The molecule has 0 aliphatic heterocycles. The number of aliphatic carboxylic acids is 1. The molecule has 1 aliphatic carbocycles. The lowest BCUT2D eigenvalue weighted by molar-refractivity contribution is -0.144. The van der Waals surface area contributed by atoms with Crippen LogP contribution >= 0.6 is 0 Å². The van der Waals surface area contributed by atoms with E-state index < -0.39 is 17.4 Å². The molecule has 0 saturated carbocycles. The number of carboxylic acids is 1. The Labute approximate surface area is 198 Å². The molecule has 0 atom stereocenters. The van der Waals surface area contributed by atoms with Crippen molar-refractivity contribution in [2.24, 2.45) is 0 Å². The molecule has 0 unspecified atom stereocenters. The van der Waals surface area contributed by atoms with Crippen molar-refractivity contribution in [3.8, 4) is 5.75 Å². The molecule has 3 aromatic rings. The van der Waals surface area contributed by atoms with E-state index in [0.29, 0.717) is 24.3 Å². The summed E-state index contributed by atoms with van der Waals surface area (Å²) in [6, 6.07) is 20.2. The fraction of sp³-hybridized carbons (Fsp3) is 0.250. The van der Waals surface area contributed by atoms with Crippen LogP contribution in [0.15, 0.2) is 66.7 Å². The maximum atomic E-state index is 13.1. The maximum Gasteiger partial charge on any atom is 0.330 e. The lowest BCUT2D eigenvalue weighted by Gasteiger charge is -2.25. The van der Waals surface area contributed by atoms with Crippen LogP contribution in [-0.2, 0) is 24.1 Å². The van der Waals surface area contributed by atoms with Gasteiger partial charge in [0.15, 0.2) is 5.78 Å². The topological polar surface area (TPSA) is 92.7 Å². The Balaban J connectivity index is 1.52. The number of carbonyl (C=O) groups excluding carboxylic acids is 2. The van der Waals surface area contributed by atoms with Crippen LogP contribution in [0, 0.1) is 6.92 Å². The second-order valence-corrected chi connectivity index (χ2v) is 8.82. The molecule has 1 amide bonds. The summed E-state index contributed by atoms with van der Waals surface area (Å²) >= 11 is 0. The minimum atomic E-state index is -1.41. The monoisotopic (exact) mass is 457 g/mol. The molecule has 4 rings (SSSR count). The van der Waals surface area contributed by atoms with Crippen LogP contribution in [0.4, 0.5) is 0 Å². The van der Waals surface area contributed by atoms with Gasteiger partial charge in [-0.2, -0.15) is 0 Å². The van der Waals surface area contributed by atoms with Gasteiger partial charge in [-0.25, -0.2) is 4.79 Å². The van der Waals surface area contributed by atoms with Gasteiger partial charge >= 0.3 is 5.97 Å². The standard InChI is InChI=1S/C28H27NO5/c1-18-6-5-7-20(14-18)12-13-34-25-15-21(10-11-24(25)19(2)30)26(31)29-28(27(32)33)16-22-8-3-4-9-23(22)17-28/h3-11,14-15H,12-13,16-17H2,1-2H3,(H,29,31)(H,32,33). The predicted molar refractivity (Wildman–Crippen MR) is 129 cm³/mol. The fourth-order valence-corrected chi connectivity index (χ4v) is 4.42. The molecule has 174 valence electrons.